The molecule has 5 heteroatoms. The van der Waals surface area contributed by atoms with Gasteiger partial charge in [-0.2, -0.15) is 0 Å². The number of carbonyl (C=O) groups is 1. The summed E-state index contributed by atoms with van der Waals surface area (Å²) in [6.07, 6.45) is 3.40. The van der Waals surface area contributed by atoms with E-state index in [1.807, 2.05) is 36.4 Å². The number of nitrogens with one attached hydrogen (secondary N) is 2. The molecule has 4 nitrogen and oxygen atoms in total. The van der Waals surface area contributed by atoms with Crippen LogP contribution in [0.4, 0.5) is 5.69 Å². The third-order valence-electron chi connectivity index (χ3n) is 3.77. The van der Waals surface area contributed by atoms with Gasteiger partial charge in [0.1, 0.15) is 0 Å². The zero-order chi connectivity index (χ0) is 15.8. The summed E-state index contributed by atoms with van der Waals surface area (Å²) in [6.45, 7) is 0. The highest BCUT2D eigenvalue weighted by molar-refractivity contribution is 6.31. The number of amides is 1. The smallest absolute Gasteiger partial charge is 0.257 e. The van der Waals surface area contributed by atoms with Crippen LogP contribution < -0.4 is 5.32 Å². The Hall–Kier alpha value is -2.85. The van der Waals surface area contributed by atoms with Crippen molar-refractivity contribution >= 4 is 45.0 Å². The fourth-order valence-corrected chi connectivity index (χ4v) is 2.85. The van der Waals surface area contributed by atoms with Crippen LogP contribution in [0, 0.1) is 0 Å². The Morgan fingerprint density at radius 2 is 2.00 bits per heavy atom. The van der Waals surface area contributed by atoms with Gasteiger partial charge in [-0.3, -0.25) is 9.78 Å². The lowest BCUT2D eigenvalue weighted by atomic mass is 10.1. The van der Waals surface area contributed by atoms with Crippen LogP contribution in [0.5, 0.6) is 0 Å². The van der Waals surface area contributed by atoms with Gasteiger partial charge in [-0.1, -0.05) is 35.9 Å². The van der Waals surface area contributed by atoms with E-state index in [9.17, 15) is 4.79 Å². The second-order valence-electron chi connectivity index (χ2n) is 5.23. The van der Waals surface area contributed by atoms with Crippen LogP contribution in [0.15, 0.2) is 60.9 Å². The molecule has 4 aromatic rings. The van der Waals surface area contributed by atoms with Gasteiger partial charge in [0.25, 0.3) is 5.91 Å². The summed E-state index contributed by atoms with van der Waals surface area (Å²) in [7, 11) is 0. The van der Waals surface area contributed by atoms with Crippen molar-refractivity contribution < 1.29 is 4.79 Å². The first-order valence-electron chi connectivity index (χ1n) is 7.14. The molecular formula is C18H12ClN3O. The van der Waals surface area contributed by atoms with Crippen molar-refractivity contribution in [3.8, 4) is 0 Å². The predicted octanol–water partition coefficient (Wildman–Crippen LogP) is 4.62. The van der Waals surface area contributed by atoms with Crippen molar-refractivity contribution in [2.24, 2.45) is 0 Å². The summed E-state index contributed by atoms with van der Waals surface area (Å²) < 4.78 is 0. The summed E-state index contributed by atoms with van der Waals surface area (Å²) in [5, 5.41) is 5.38. The second-order valence-corrected chi connectivity index (χ2v) is 5.66. The number of fused-ring (bicyclic) bond motifs is 2. The average Bonchev–Trinajstić information content (AvgIpc) is 2.98. The van der Waals surface area contributed by atoms with Crippen molar-refractivity contribution in [1.82, 2.24) is 9.97 Å². The quantitative estimate of drug-likeness (QED) is 0.566. The van der Waals surface area contributed by atoms with E-state index in [0.29, 0.717) is 16.3 Å². The molecule has 112 valence electrons. The molecule has 0 saturated heterocycles. The number of H-pyrrole nitrogens is 1. The molecule has 0 bridgehead atoms. The Morgan fingerprint density at radius 3 is 2.91 bits per heavy atom. The fourth-order valence-electron chi connectivity index (χ4n) is 2.68. The van der Waals surface area contributed by atoms with Gasteiger partial charge in [-0.15, -0.1) is 0 Å². The lowest BCUT2D eigenvalue weighted by Gasteiger charge is -2.07. The van der Waals surface area contributed by atoms with Crippen molar-refractivity contribution in [2.75, 3.05) is 5.32 Å². The monoisotopic (exact) mass is 321 g/mol. The van der Waals surface area contributed by atoms with Crippen molar-refractivity contribution in [1.29, 1.82) is 0 Å². The van der Waals surface area contributed by atoms with Crippen LogP contribution in [0.3, 0.4) is 0 Å². The molecule has 2 N–H and O–H groups in total. The molecule has 2 aromatic carbocycles. The lowest BCUT2D eigenvalue weighted by Crippen LogP contribution is -2.11. The molecule has 0 saturated carbocycles. The van der Waals surface area contributed by atoms with E-state index in [-0.39, 0.29) is 5.91 Å². The third-order valence-corrected chi connectivity index (χ3v) is 4.00. The zero-order valence-electron chi connectivity index (χ0n) is 12.0. The zero-order valence-corrected chi connectivity index (χ0v) is 12.8. The van der Waals surface area contributed by atoms with Gasteiger partial charge in [0, 0.05) is 33.7 Å². The Labute approximate surface area is 137 Å². The van der Waals surface area contributed by atoms with E-state index in [1.54, 1.807) is 24.5 Å². The summed E-state index contributed by atoms with van der Waals surface area (Å²) in [5.74, 6) is -0.184. The molecule has 1 amide bonds. The molecular weight excluding hydrogens is 310 g/mol. The number of nitrogens with zero attached hydrogens (tertiary/aromatic N) is 1. The van der Waals surface area contributed by atoms with Crippen LogP contribution in [-0.2, 0) is 0 Å². The van der Waals surface area contributed by atoms with Crippen molar-refractivity contribution in [3.63, 3.8) is 0 Å². The molecule has 0 aliphatic rings. The molecule has 4 rings (SSSR count). The number of benzene rings is 2. The largest absolute Gasteiger partial charge is 0.360 e. The van der Waals surface area contributed by atoms with E-state index < -0.39 is 0 Å². The molecule has 0 spiro atoms. The van der Waals surface area contributed by atoms with Crippen LogP contribution in [0.2, 0.25) is 5.02 Å². The summed E-state index contributed by atoms with van der Waals surface area (Å²) >= 11 is 5.97. The summed E-state index contributed by atoms with van der Waals surface area (Å²) in [4.78, 5) is 20.0. The average molecular weight is 322 g/mol. The highest BCUT2D eigenvalue weighted by Crippen LogP contribution is 2.25. The number of hydrogen-bond donors (Lipinski definition) is 2. The van der Waals surface area contributed by atoms with E-state index in [2.05, 4.69) is 15.3 Å². The van der Waals surface area contributed by atoms with Gasteiger partial charge in [0.2, 0.25) is 0 Å². The summed E-state index contributed by atoms with van der Waals surface area (Å²) in [6, 6.07) is 15.0. The maximum Gasteiger partial charge on any atom is 0.257 e. The maximum atomic E-state index is 12.6. The standard InChI is InChI=1S/C18H12ClN3O/c19-12-6-7-13-14(10-21-16(13)9-12)18(23)22-15-5-1-3-11-4-2-8-20-17(11)15/h1-10,21H,(H,22,23). The number of rotatable bonds is 2. The van der Waals surface area contributed by atoms with Crippen LogP contribution >= 0.6 is 11.6 Å². The van der Waals surface area contributed by atoms with Gasteiger partial charge in [0.05, 0.1) is 16.8 Å². The Kier molecular flexibility index (Phi) is 3.24. The third kappa shape index (κ3) is 2.43. The van der Waals surface area contributed by atoms with Gasteiger partial charge in [-0.05, 0) is 24.3 Å². The number of hydrogen-bond acceptors (Lipinski definition) is 2. The first kappa shape index (κ1) is 13.8. The number of carbonyl (C=O) groups excluding carboxylic acids is 1. The number of halogens is 1. The number of pyridine rings is 1. The maximum absolute atomic E-state index is 12.6. The summed E-state index contributed by atoms with van der Waals surface area (Å²) in [5.41, 5.74) is 2.87. The molecule has 0 unspecified atom stereocenters. The van der Waals surface area contributed by atoms with E-state index in [4.69, 9.17) is 11.6 Å². The number of anilines is 1. The molecule has 0 aliphatic heterocycles. The fraction of sp³-hybridized carbons (Fsp3) is 0. The SMILES string of the molecule is O=C(Nc1cccc2cccnc12)c1c[nH]c2cc(Cl)ccc12. The minimum atomic E-state index is -0.184. The number of aromatic nitrogens is 2. The first-order valence-corrected chi connectivity index (χ1v) is 7.52. The van der Waals surface area contributed by atoms with Crippen LogP contribution in [0.1, 0.15) is 10.4 Å². The highest BCUT2D eigenvalue weighted by Gasteiger charge is 2.13. The van der Waals surface area contributed by atoms with Crippen LogP contribution in [-0.4, -0.2) is 15.9 Å². The molecule has 0 aliphatic carbocycles. The van der Waals surface area contributed by atoms with E-state index >= 15 is 0 Å². The van der Waals surface area contributed by atoms with Crippen LogP contribution in [0.25, 0.3) is 21.8 Å². The number of aromatic amines is 1. The lowest BCUT2D eigenvalue weighted by molar-refractivity contribution is 0.102. The Balaban J connectivity index is 1.74. The van der Waals surface area contributed by atoms with Gasteiger partial charge in [0.15, 0.2) is 0 Å². The van der Waals surface area contributed by atoms with Crippen molar-refractivity contribution in [3.05, 3.63) is 71.5 Å². The molecule has 0 radical (unpaired) electrons. The molecule has 0 atom stereocenters. The van der Waals surface area contributed by atoms with Gasteiger partial charge in [-0.25, -0.2) is 0 Å². The normalized spacial score (nSPS) is 11.0. The molecule has 2 aromatic heterocycles. The van der Waals surface area contributed by atoms with Gasteiger partial charge < -0.3 is 10.3 Å². The predicted molar refractivity (Wildman–Crippen MR) is 93.0 cm³/mol. The van der Waals surface area contributed by atoms with E-state index in [1.165, 1.54) is 0 Å². The number of para-hydroxylation sites is 1. The second kappa shape index (κ2) is 5.41. The Bertz CT molecular complexity index is 1030. The first-order chi connectivity index (χ1) is 11.2. The van der Waals surface area contributed by atoms with Gasteiger partial charge >= 0.3 is 0 Å². The topological polar surface area (TPSA) is 57.8 Å². The Morgan fingerprint density at radius 1 is 1.13 bits per heavy atom. The molecule has 0 fully saturated rings. The minimum Gasteiger partial charge on any atom is -0.360 e. The molecule has 2 heterocycles. The highest BCUT2D eigenvalue weighted by atomic mass is 35.5. The van der Waals surface area contributed by atoms with Crippen molar-refractivity contribution in [2.45, 2.75) is 0 Å². The minimum absolute atomic E-state index is 0.184. The van der Waals surface area contributed by atoms with E-state index in [0.717, 1.165) is 21.8 Å². The molecule has 23 heavy (non-hydrogen) atoms.